The minimum atomic E-state index is -0.0544. The molecule has 0 aliphatic heterocycles. The van der Waals surface area contributed by atoms with Crippen molar-refractivity contribution in [3.63, 3.8) is 0 Å². The molecular weight excluding hydrogens is 242 g/mol. The Kier molecular flexibility index (Phi) is 7.61. The average Bonchev–Trinajstić information content (AvgIpc) is 2.45. The van der Waals surface area contributed by atoms with Gasteiger partial charge < -0.3 is 14.2 Å². The molecule has 0 aromatic carbocycles. The van der Waals surface area contributed by atoms with Crippen LogP contribution in [-0.2, 0) is 14.2 Å². The molecule has 112 valence electrons. The summed E-state index contributed by atoms with van der Waals surface area (Å²) in [4.78, 5) is 2.47. The van der Waals surface area contributed by atoms with E-state index in [4.69, 9.17) is 14.2 Å². The Labute approximate surface area is 117 Å². The van der Waals surface area contributed by atoms with E-state index in [2.05, 4.69) is 30.9 Å². The van der Waals surface area contributed by atoms with E-state index in [1.165, 1.54) is 0 Å². The highest BCUT2D eigenvalue weighted by Gasteiger charge is 2.39. The number of methoxy groups -OCH3 is 3. The van der Waals surface area contributed by atoms with Crippen LogP contribution in [0.3, 0.4) is 0 Å². The van der Waals surface area contributed by atoms with Crippen molar-refractivity contribution in [2.45, 2.75) is 51.0 Å². The first kappa shape index (κ1) is 16.6. The molecule has 1 rings (SSSR count). The van der Waals surface area contributed by atoms with Crippen LogP contribution in [0.5, 0.6) is 0 Å². The summed E-state index contributed by atoms with van der Waals surface area (Å²) < 4.78 is 16.8. The minimum Gasteiger partial charge on any atom is -0.377 e. The zero-order valence-corrected chi connectivity index (χ0v) is 13.0. The van der Waals surface area contributed by atoms with Crippen molar-refractivity contribution in [3.05, 3.63) is 12.2 Å². The largest absolute Gasteiger partial charge is 0.377 e. The van der Waals surface area contributed by atoms with E-state index in [0.29, 0.717) is 0 Å². The van der Waals surface area contributed by atoms with Crippen LogP contribution in [0.15, 0.2) is 12.2 Å². The summed E-state index contributed by atoms with van der Waals surface area (Å²) in [6.45, 7) is 6.58. The van der Waals surface area contributed by atoms with Gasteiger partial charge in [-0.25, -0.2) is 0 Å². The highest BCUT2D eigenvalue weighted by Crippen LogP contribution is 2.25. The van der Waals surface area contributed by atoms with Gasteiger partial charge in [-0.1, -0.05) is 26.0 Å². The maximum Gasteiger partial charge on any atom is 0.115 e. The van der Waals surface area contributed by atoms with Crippen LogP contribution >= 0.6 is 0 Å². The molecule has 4 atom stereocenters. The van der Waals surface area contributed by atoms with Crippen molar-refractivity contribution < 1.29 is 14.2 Å². The minimum absolute atomic E-state index is 0.0121. The second-order valence-electron chi connectivity index (χ2n) is 5.01. The lowest BCUT2D eigenvalue weighted by Crippen LogP contribution is -2.55. The van der Waals surface area contributed by atoms with Crippen LogP contribution in [0.25, 0.3) is 0 Å². The Bertz CT molecular complexity index is 264. The smallest absolute Gasteiger partial charge is 0.115 e. The Hall–Kier alpha value is -0.420. The van der Waals surface area contributed by atoms with Gasteiger partial charge in [-0.3, -0.25) is 4.90 Å². The zero-order chi connectivity index (χ0) is 14.3. The van der Waals surface area contributed by atoms with Gasteiger partial charge in [0.2, 0.25) is 0 Å². The first-order valence-electron chi connectivity index (χ1n) is 7.24. The van der Waals surface area contributed by atoms with Crippen LogP contribution in [-0.4, -0.2) is 63.7 Å². The Morgan fingerprint density at radius 2 is 1.42 bits per heavy atom. The molecule has 1 aliphatic rings. The summed E-state index contributed by atoms with van der Waals surface area (Å²) in [6.07, 6.45) is 6.53. The van der Waals surface area contributed by atoms with E-state index in [1.54, 1.807) is 21.3 Å². The predicted molar refractivity (Wildman–Crippen MR) is 77.5 cm³/mol. The molecule has 4 heteroatoms. The van der Waals surface area contributed by atoms with Gasteiger partial charge in [0, 0.05) is 21.3 Å². The second-order valence-corrected chi connectivity index (χ2v) is 5.01. The molecule has 0 aromatic heterocycles. The standard InChI is InChI=1S/C15H29NO3/c1-6-10-16(11-7-2)12-8-9-13(17-3)15(19-5)14(12)18-4/h8-9,12-15H,6-7,10-11H2,1-5H3/t12?,13?,14-,15?/m1/s1. The van der Waals surface area contributed by atoms with Crippen molar-refractivity contribution in [2.75, 3.05) is 34.4 Å². The summed E-state index contributed by atoms with van der Waals surface area (Å²) >= 11 is 0. The van der Waals surface area contributed by atoms with E-state index >= 15 is 0 Å². The van der Waals surface area contributed by atoms with Gasteiger partial charge in [-0.05, 0) is 25.9 Å². The summed E-state index contributed by atoms with van der Waals surface area (Å²) in [5, 5.41) is 0. The fourth-order valence-electron chi connectivity index (χ4n) is 2.89. The van der Waals surface area contributed by atoms with Crippen molar-refractivity contribution in [1.82, 2.24) is 4.90 Å². The highest BCUT2D eigenvalue weighted by molar-refractivity contribution is 5.12. The van der Waals surface area contributed by atoms with Crippen LogP contribution in [0, 0.1) is 0 Å². The Balaban J connectivity index is 2.90. The van der Waals surface area contributed by atoms with E-state index in [-0.39, 0.29) is 24.4 Å². The number of hydrogen-bond donors (Lipinski definition) is 0. The molecule has 1 aliphatic carbocycles. The topological polar surface area (TPSA) is 30.9 Å². The fourth-order valence-corrected chi connectivity index (χ4v) is 2.89. The van der Waals surface area contributed by atoms with Gasteiger partial charge in [0.15, 0.2) is 0 Å². The maximum absolute atomic E-state index is 5.72. The van der Waals surface area contributed by atoms with Crippen LogP contribution < -0.4 is 0 Å². The third kappa shape index (κ3) is 4.02. The van der Waals surface area contributed by atoms with Crippen LogP contribution in [0.4, 0.5) is 0 Å². The molecule has 0 N–H and O–H groups in total. The lowest BCUT2D eigenvalue weighted by atomic mass is 9.92. The van der Waals surface area contributed by atoms with Gasteiger partial charge in [0.25, 0.3) is 0 Å². The monoisotopic (exact) mass is 271 g/mol. The van der Waals surface area contributed by atoms with Gasteiger partial charge in [0.1, 0.15) is 18.3 Å². The summed E-state index contributed by atoms with van der Waals surface area (Å²) in [6, 6.07) is 0.265. The molecule has 0 radical (unpaired) electrons. The Morgan fingerprint density at radius 1 is 0.842 bits per heavy atom. The molecule has 19 heavy (non-hydrogen) atoms. The third-order valence-electron chi connectivity index (χ3n) is 3.74. The molecule has 0 saturated carbocycles. The first-order chi connectivity index (χ1) is 9.23. The lowest BCUT2D eigenvalue weighted by Gasteiger charge is -2.42. The second kappa shape index (κ2) is 8.69. The summed E-state index contributed by atoms with van der Waals surface area (Å²) in [7, 11) is 5.19. The normalized spacial score (nSPS) is 31.1. The summed E-state index contributed by atoms with van der Waals surface area (Å²) in [5.74, 6) is 0. The average molecular weight is 271 g/mol. The number of rotatable bonds is 8. The highest BCUT2D eigenvalue weighted by atomic mass is 16.6. The maximum atomic E-state index is 5.72. The molecule has 0 aromatic rings. The first-order valence-corrected chi connectivity index (χ1v) is 7.24. The van der Waals surface area contributed by atoms with Crippen LogP contribution in [0.2, 0.25) is 0 Å². The molecule has 0 saturated heterocycles. The van der Waals surface area contributed by atoms with Gasteiger partial charge in [-0.2, -0.15) is 0 Å². The number of hydrogen-bond acceptors (Lipinski definition) is 4. The van der Waals surface area contributed by atoms with Gasteiger partial charge in [-0.15, -0.1) is 0 Å². The van der Waals surface area contributed by atoms with E-state index in [1.807, 2.05) is 0 Å². The van der Waals surface area contributed by atoms with Crippen LogP contribution in [0.1, 0.15) is 26.7 Å². The number of nitrogens with zero attached hydrogens (tertiary/aromatic N) is 1. The van der Waals surface area contributed by atoms with Crippen molar-refractivity contribution >= 4 is 0 Å². The molecule has 3 unspecified atom stereocenters. The van der Waals surface area contributed by atoms with Crippen molar-refractivity contribution in [3.8, 4) is 0 Å². The molecule has 0 fully saturated rings. The SMILES string of the molecule is CCCN(CCC)C1C=CC(OC)C(OC)[C@@H]1OC. The molecular formula is C15H29NO3. The van der Waals surface area contributed by atoms with Crippen molar-refractivity contribution in [2.24, 2.45) is 0 Å². The van der Waals surface area contributed by atoms with Crippen molar-refractivity contribution in [1.29, 1.82) is 0 Å². The van der Waals surface area contributed by atoms with Gasteiger partial charge >= 0.3 is 0 Å². The fraction of sp³-hybridized carbons (Fsp3) is 0.867. The van der Waals surface area contributed by atoms with E-state index in [9.17, 15) is 0 Å². The summed E-state index contributed by atoms with van der Waals surface area (Å²) in [5.41, 5.74) is 0. The third-order valence-corrected chi connectivity index (χ3v) is 3.74. The molecule has 0 heterocycles. The van der Waals surface area contributed by atoms with E-state index in [0.717, 1.165) is 25.9 Å². The van der Waals surface area contributed by atoms with E-state index < -0.39 is 0 Å². The lowest BCUT2D eigenvalue weighted by molar-refractivity contribution is -0.118. The Morgan fingerprint density at radius 3 is 1.84 bits per heavy atom. The number of ether oxygens (including phenoxy) is 3. The molecule has 4 nitrogen and oxygen atoms in total. The molecule has 0 amide bonds. The van der Waals surface area contributed by atoms with Gasteiger partial charge in [0.05, 0.1) is 6.04 Å². The predicted octanol–water partition coefficient (Wildman–Crippen LogP) is 2.09. The zero-order valence-electron chi connectivity index (χ0n) is 13.0. The quantitative estimate of drug-likeness (QED) is 0.633. The molecule has 0 spiro atoms. The molecule has 0 bridgehead atoms.